The van der Waals surface area contributed by atoms with Crippen LogP contribution in [0.25, 0.3) is 0 Å². The van der Waals surface area contributed by atoms with Crippen LogP contribution in [0.5, 0.6) is 5.75 Å². The number of nitrogens with one attached hydrogen (secondary N) is 1. The van der Waals surface area contributed by atoms with Crippen molar-refractivity contribution in [1.29, 1.82) is 0 Å². The van der Waals surface area contributed by atoms with E-state index in [0.29, 0.717) is 12.4 Å². The molecule has 0 aliphatic carbocycles. The largest absolute Gasteiger partial charge is 0.492 e. The Balaban J connectivity index is 2.95. The zero-order valence-electron chi connectivity index (χ0n) is 19.1. The molecule has 0 aliphatic heterocycles. The van der Waals surface area contributed by atoms with E-state index in [1.165, 1.54) is 0 Å². The van der Waals surface area contributed by atoms with Crippen LogP contribution in [0.2, 0.25) is 0 Å². The Hall–Kier alpha value is -1.83. The molecule has 1 amide bonds. The highest BCUT2D eigenvalue weighted by Gasteiger charge is 2.25. The predicted octanol–water partition coefficient (Wildman–Crippen LogP) is 3.72. The lowest BCUT2D eigenvalue weighted by Crippen LogP contribution is -2.37. The van der Waals surface area contributed by atoms with E-state index >= 15 is 0 Å². The number of likely N-dealkylation sites (N-methyl/N-ethyl adjacent to an activating group) is 1. The first-order chi connectivity index (χ1) is 13.2. The molecule has 0 bridgehead atoms. The van der Waals surface area contributed by atoms with Crippen LogP contribution in [0.1, 0.15) is 59.6 Å². The van der Waals surface area contributed by atoms with Gasteiger partial charge in [0.05, 0.1) is 11.6 Å². The summed E-state index contributed by atoms with van der Waals surface area (Å²) in [4.78, 5) is 14.4. The van der Waals surface area contributed by atoms with Crippen molar-refractivity contribution in [2.75, 3.05) is 27.2 Å². The van der Waals surface area contributed by atoms with E-state index in [2.05, 4.69) is 5.32 Å². The Morgan fingerprint density at radius 2 is 1.79 bits per heavy atom. The van der Waals surface area contributed by atoms with Crippen molar-refractivity contribution in [3.8, 4) is 5.75 Å². The molecule has 29 heavy (non-hydrogen) atoms. The quantitative estimate of drug-likeness (QED) is 0.604. The lowest BCUT2D eigenvalue weighted by Gasteiger charge is -2.28. The molecule has 0 radical (unpaired) electrons. The first-order valence-corrected chi connectivity index (χ1v) is 9.98. The second-order valence-electron chi connectivity index (χ2n) is 9.34. The number of aliphatic hydroxyl groups is 1. The molecule has 1 rings (SSSR count). The van der Waals surface area contributed by atoms with Gasteiger partial charge in [0.25, 0.3) is 0 Å². The fraction of sp³-hybridized carbons (Fsp3) is 0.682. The molecular formula is C22H38N2O5. The second kappa shape index (κ2) is 10.8. The van der Waals surface area contributed by atoms with Crippen molar-refractivity contribution in [1.82, 2.24) is 10.2 Å². The minimum atomic E-state index is -1.05. The Bertz CT molecular complexity index is 635. The summed E-state index contributed by atoms with van der Waals surface area (Å²) in [5.74, 6) is 0.701. The van der Waals surface area contributed by atoms with Gasteiger partial charge in [0.1, 0.15) is 18.0 Å². The molecule has 0 fully saturated rings. The van der Waals surface area contributed by atoms with E-state index in [9.17, 15) is 9.90 Å². The summed E-state index contributed by atoms with van der Waals surface area (Å²) < 4.78 is 16.8. The topological polar surface area (TPSA) is 80.3 Å². The van der Waals surface area contributed by atoms with Crippen LogP contribution in [-0.4, -0.2) is 60.8 Å². The van der Waals surface area contributed by atoms with Gasteiger partial charge in [-0.25, -0.2) is 4.79 Å². The summed E-state index contributed by atoms with van der Waals surface area (Å²) >= 11 is 0. The average Bonchev–Trinajstić information content (AvgIpc) is 2.50. The van der Waals surface area contributed by atoms with Crippen molar-refractivity contribution >= 4 is 6.09 Å². The summed E-state index contributed by atoms with van der Waals surface area (Å²) in [6.45, 7) is 12.4. The fourth-order valence-electron chi connectivity index (χ4n) is 2.55. The number of benzene rings is 1. The van der Waals surface area contributed by atoms with Crippen molar-refractivity contribution in [2.24, 2.45) is 0 Å². The Morgan fingerprint density at radius 1 is 1.14 bits per heavy atom. The molecule has 166 valence electrons. The van der Waals surface area contributed by atoms with Crippen LogP contribution in [0.15, 0.2) is 24.3 Å². The molecule has 7 nitrogen and oxygen atoms in total. The lowest BCUT2D eigenvalue weighted by molar-refractivity contribution is -0.171. The molecule has 1 aromatic carbocycles. The van der Waals surface area contributed by atoms with Gasteiger partial charge in [0.15, 0.2) is 6.29 Å². The summed E-state index contributed by atoms with van der Waals surface area (Å²) in [5, 5.41) is 13.2. The van der Waals surface area contributed by atoms with Crippen LogP contribution >= 0.6 is 0 Å². The number of carbonyl (C=O) groups is 1. The smallest absolute Gasteiger partial charge is 0.408 e. The molecule has 0 saturated carbocycles. The number of nitrogens with zero attached hydrogens (tertiary/aromatic N) is 1. The molecule has 2 atom stereocenters. The third-order valence-corrected chi connectivity index (χ3v) is 3.69. The van der Waals surface area contributed by atoms with Crippen molar-refractivity contribution < 1.29 is 24.1 Å². The number of amides is 1. The second-order valence-corrected chi connectivity index (χ2v) is 9.34. The Morgan fingerprint density at radius 3 is 2.34 bits per heavy atom. The Labute approximate surface area is 175 Å². The monoisotopic (exact) mass is 410 g/mol. The maximum atomic E-state index is 12.3. The third-order valence-electron chi connectivity index (χ3n) is 3.69. The number of hydrogen-bond donors (Lipinski definition) is 2. The third kappa shape index (κ3) is 11.7. The minimum Gasteiger partial charge on any atom is -0.492 e. The molecule has 0 saturated heterocycles. The summed E-state index contributed by atoms with van der Waals surface area (Å²) in [7, 11) is 3.97. The molecule has 0 aliphatic rings. The van der Waals surface area contributed by atoms with Gasteiger partial charge in [-0.15, -0.1) is 0 Å². The van der Waals surface area contributed by atoms with Crippen LogP contribution in [0.4, 0.5) is 4.79 Å². The number of carbonyl (C=O) groups excluding carboxylic acids is 1. The number of alkyl carbamates (subject to hydrolysis) is 1. The highest BCUT2D eigenvalue weighted by Crippen LogP contribution is 2.25. The zero-order chi connectivity index (χ0) is 22.2. The van der Waals surface area contributed by atoms with Crippen molar-refractivity contribution in [3.63, 3.8) is 0 Å². The number of rotatable bonds is 9. The maximum absolute atomic E-state index is 12.3. The summed E-state index contributed by atoms with van der Waals surface area (Å²) in [5.41, 5.74) is -0.325. The molecule has 1 aromatic rings. The van der Waals surface area contributed by atoms with E-state index in [1.807, 2.05) is 64.0 Å². The molecule has 0 aromatic heterocycles. The lowest BCUT2D eigenvalue weighted by atomic mass is 10.0. The molecule has 2 N–H and O–H groups in total. The van der Waals surface area contributed by atoms with E-state index in [4.69, 9.17) is 14.2 Å². The summed E-state index contributed by atoms with van der Waals surface area (Å²) in [6, 6.07) is 6.97. The van der Waals surface area contributed by atoms with Crippen LogP contribution in [0.3, 0.4) is 0 Å². The van der Waals surface area contributed by atoms with Gasteiger partial charge in [-0.2, -0.15) is 0 Å². The number of ether oxygens (including phenoxy) is 3. The van der Waals surface area contributed by atoms with Gasteiger partial charge in [-0.05, 0) is 73.3 Å². The Kier molecular flexibility index (Phi) is 9.39. The normalized spacial score (nSPS) is 14.4. The van der Waals surface area contributed by atoms with Crippen molar-refractivity contribution in [3.05, 3.63) is 29.8 Å². The van der Waals surface area contributed by atoms with Gasteiger partial charge in [0, 0.05) is 13.0 Å². The molecule has 2 unspecified atom stereocenters. The molecule has 7 heteroatoms. The standard InChI is InChI=1S/C22H38N2O5/c1-21(2,3)28-19(25)15-18(23-20(26)29-22(4,5)6)16-10-9-11-17(14-16)27-13-12-24(7)8/h9-11,14,18-19,25H,12-13,15H2,1-8H3,(H,23,26). The first-order valence-electron chi connectivity index (χ1n) is 9.98. The van der Waals surface area contributed by atoms with E-state index in [-0.39, 0.29) is 6.42 Å². The predicted molar refractivity (Wildman–Crippen MR) is 114 cm³/mol. The highest BCUT2D eigenvalue weighted by atomic mass is 16.6. The van der Waals surface area contributed by atoms with Gasteiger partial charge < -0.3 is 29.5 Å². The number of aliphatic hydroxyl groups excluding tert-OH is 1. The van der Waals surface area contributed by atoms with E-state index < -0.39 is 29.6 Å². The highest BCUT2D eigenvalue weighted by molar-refractivity contribution is 5.68. The molecule has 0 heterocycles. The SMILES string of the molecule is CN(C)CCOc1cccc(C(CC(O)OC(C)(C)C)NC(=O)OC(C)(C)C)c1. The maximum Gasteiger partial charge on any atom is 0.408 e. The average molecular weight is 411 g/mol. The molecular weight excluding hydrogens is 372 g/mol. The number of hydrogen-bond acceptors (Lipinski definition) is 6. The van der Waals surface area contributed by atoms with Crippen LogP contribution in [0, 0.1) is 0 Å². The van der Waals surface area contributed by atoms with E-state index in [0.717, 1.165) is 12.1 Å². The fourth-order valence-corrected chi connectivity index (χ4v) is 2.55. The zero-order valence-corrected chi connectivity index (χ0v) is 19.1. The van der Waals surface area contributed by atoms with Crippen LogP contribution < -0.4 is 10.1 Å². The minimum absolute atomic E-state index is 0.178. The van der Waals surface area contributed by atoms with Gasteiger partial charge >= 0.3 is 6.09 Å². The first kappa shape index (κ1) is 25.2. The van der Waals surface area contributed by atoms with Crippen molar-refractivity contribution in [2.45, 2.75) is 71.5 Å². The van der Waals surface area contributed by atoms with Gasteiger partial charge in [0.2, 0.25) is 0 Å². The van der Waals surface area contributed by atoms with Crippen LogP contribution in [-0.2, 0) is 9.47 Å². The van der Waals surface area contributed by atoms with Gasteiger partial charge in [-0.3, -0.25) is 0 Å². The van der Waals surface area contributed by atoms with Gasteiger partial charge in [-0.1, -0.05) is 12.1 Å². The van der Waals surface area contributed by atoms with E-state index in [1.54, 1.807) is 20.8 Å². The molecule has 0 spiro atoms. The summed E-state index contributed by atoms with van der Waals surface area (Å²) in [6.07, 6.45) is -1.42.